The molecule has 0 bridgehead atoms. The first-order valence-electron chi connectivity index (χ1n) is 5.75. The van der Waals surface area contributed by atoms with Crippen molar-refractivity contribution in [3.05, 3.63) is 27.9 Å². The molecule has 1 saturated carbocycles. The van der Waals surface area contributed by atoms with Gasteiger partial charge in [0.25, 0.3) is 0 Å². The SMILES string of the molecule is Cc1cc(C)n(CC2(CC(N)=S)CC2)c(=O)n1. The van der Waals surface area contributed by atoms with E-state index in [1.165, 1.54) is 0 Å². The van der Waals surface area contributed by atoms with E-state index >= 15 is 0 Å². The minimum Gasteiger partial charge on any atom is -0.393 e. The zero-order valence-electron chi connectivity index (χ0n) is 10.2. The zero-order chi connectivity index (χ0) is 12.6. The lowest BCUT2D eigenvalue weighted by atomic mass is 10.0. The van der Waals surface area contributed by atoms with Crippen molar-refractivity contribution in [2.24, 2.45) is 11.1 Å². The van der Waals surface area contributed by atoms with Gasteiger partial charge in [-0.3, -0.25) is 4.57 Å². The summed E-state index contributed by atoms with van der Waals surface area (Å²) in [6, 6.07) is 1.93. The molecule has 1 aromatic rings. The number of nitrogens with two attached hydrogens (primary N) is 1. The average Bonchev–Trinajstić information content (AvgIpc) is 2.91. The number of hydrogen-bond acceptors (Lipinski definition) is 3. The van der Waals surface area contributed by atoms with Crippen LogP contribution < -0.4 is 11.4 Å². The Hall–Kier alpha value is -1.23. The number of nitrogens with zero attached hydrogens (tertiary/aromatic N) is 2. The lowest BCUT2D eigenvalue weighted by molar-refractivity contribution is 0.419. The molecule has 4 nitrogen and oxygen atoms in total. The van der Waals surface area contributed by atoms with E-state index in [4.69, 9.17) is 18.0 Å². The van der Waals surface area contributed by atoms with Crippen molar-refractivity contribution in [2.45, 2.75) is 39.7 Å². The summed E-state index contributed by atoms with van der Waals surface area (Å²) >= 11 is 4.96. The van der Waals surface area contributed by atoms with Gasteiger partial charge >= 0.3 is 5.69 Å². The van der Waals surface area contributed by atoms with E-state index in [2.05, 4.69) is 4.98 Å². The zero-order valence-corrected chi connectivity index (χ0v) is 11.0. The molecule has 0 radical (unpaired) electrons. The van der Waals surface area contributed by atoms with Gasteiger partial charge in [-0.05, 0) is 38.2 Å². The molecule has 1 heterocycles. The van der Waals surface area contributed by atoms with Crippen LogP contribution in [0, 0.1) is 19.3 Å². The van der Waals surface area contributed by atoms with Gasteiger partial charge in [0.05, 0.1) is 4.99 Å². The van der Waals surface area contributed by atoms with Gasteiger partial charge in [-0.15, -0.1) is 0 Å². The summed E-state index contributed by atoms with van der Waals surface area (Å²) < 4.78 is 1.73. The third kappa shape index (κ3) is 2.72. The quantitative estimate of drug-likeness (QED) is 0.820. The van der Waals surface area contributed by atoms with Gasteiger partial charge in [0.2, 0.25) is 0 Å². The largest absolute Gasteiger partial charge is 0.393 e. The molecule has 0 atom stereocenters. The molecule has 0 unspecified atom stereocenters. The molecular weight excluding hydrogens is 234 g/mol. The highest BCUT2D eigenvalue weighted by Crippen LogP contribution is 2.50. The van der Waals surface area contributed by atoms with Crippen molar-refractivity contribution in [3.8, 4) is 0 Å². The standard InChI is InChI=1S/C12H17N3OS/c1-8-5-9(2)15(11(16)14-8)7-12(3-4-12)6-10(13)17/h5H,3-4,6-7H2,1-2H3,(H2,13,17). The fourth-order valence-corrected chi connectivity index (χ4v) is 2.55. The predicted molar refractivity (Wildman–Crippen MR) is 71.0 cm³/mol. The second-order valence-electron chi connectivity index (χ2n) is 5.05. The van der Waals surface area contributed by atoms with E-state index in [1.54, 1.807) is 4.57 Å². The fraction of sp³-hybridized carbons (Fsp3) is 0.583. The minimum atomic E-state index is -0.170. The van der Waals surface area contributed by atoms with E-state index < -0.39 is 0 Å². The highest BCUT2D eigenvalue weighted by molar-refractivity contribution is 7.80. The Labute approximate surface area is 106 Å². The van der Waals surface area contributed by atoms with Crippen LogP contribution in [-0.4, -0.2) is 14.5 Å². The fourth-order valence-electron chi connectivity index (χ4n) is 2.24. The smallest absolute Gasteiger partial charge is 0.347 e. The van der Waals surface area contributed by atoms with Gasteiger partial charge in [0.1, 0.15) is 0 Å². The number of aryl methyl sites for hydroxylation is 2. The number of rotatable bonds is 4. The van der Waals surface area contributed by atoms with Gasteiger partial charge < -0.3 is 5.73 Å². The van der Waals surface area contributed by atoms with Crippen LogP contribution in [0.15, 0.2) is 10.9 Å². The lowest BCUT2D eigenvalue weighted by Crippen LogP contribution is -2.30. The van der Waals surface area contributed by atoms with Gasteiger partial charge in [-0.25, -0.2) is 4.79 Å². The molecule has 1 aliphatic carbocycles. The summed E-state index contributed by atoms with van der Waals surface area (Å²) in [5, 5.41) is 0. The van der Waals surface area contributed by atoms with E-state index in [-0.39, 0.29) is 11.1 Å². The van der Waals surface area contributed by atoms with Gasteiger partial charge in [-0.2, -0.15) is 4.98 Å². The first-order chi connectivity index (χ1) is 7.92. The van der Waals surface area contributed by atoms with Crippen LogP contribution in [0.4, 0.5) is 0 Å². The topological polar surface area (TPSA) is 60.9 Å². The summed E-state index contributed by atoms with van der Waals surface area (Å²) in [7, 11) is 0. The molecule has 0 aliphatic heterocycles. The molecule has 0 aromatic carbocycles. The van der Waals surface area contributed by atoms with Crippen molar-refractivity contribution >= 4 is 17.2 Å². The van der Waals surface area contributed by atoms with Crippen LogP contribution >= 0.6 is 12.2 Å². The lowest BCUT2D eigenvalue weighted by Gasteiger charge is -2.17. The van der Waals surface area contributed by atoms with Gasteiger partial charge in [-0.1, -0.05) is 12.2 Å². The van der Waals surface area contributed by atoms with Crippen LogP contribution in [0.2, 0.25) is 0 Å². The van der Waals surface area contributed by atoms with Crippen LogP contribution in [-0.2, 0) is 6.54 Å². The Morgan fingerprint density at radius 2 is 2.24 bits per heavy atom. The molecule has 17 heavy (non-hydrogen) atoms. The van der Waals surface area contributed by atoms with Gasteiger partial charge in [0.15, 0.2) is 0 Å². The van der Waals surface area contributed by atoms with Crippen LogP contribution in [0.3, 0.4) is 0 Å². The Morgan fingerprint density at radius 1 is 1.59 bits per heavy atom. The van der Waals surface area contributed by atoms with Gasteiger partial charge in [0, 0.05) is 24.4 Å². The van der Waals surface area contributed by atoms with E-state index in [0.29, 0.717) is 11.5 Å². The predicted octanol–water partition coefficient (Wildman–Crippen LogP) is 1.32. The van der Waals surface area contributed by atoms with Crippen LogP contribution in [0.5, 0.6) is 0 Å². The molecule has 0 amide bonds. The number of hydrogen-bond donors (Lipinski definition) is 1. The first kappa shape index (κ1) is 12.2. The van der Waals surface area contributed by atoms with E-state index in [1.807, 2.05) is 19.9 Å². The maximum atomic E-state index is 11.8. The summed E-state index contributed by atoms with van der Waals surface area (Å²) in [5.41, 5.74) is 7.26. The highest BCUT2D eigenvalue weighted by Gasteiger charge is 2.43. The van der Waals surface area contributed by atoms with Crippen molar-refractivity contribution in [3.63, 3.8) is 0 Å². The normalized spacial score (nSPS) is 16.8. The molecule has 2 N–H and O–H groups in total. The van der Waals surface area contributed by atoms with Crippen LogP contribution in [0.1, 0.15) is 30.7 Å². The molecule has 1 fully saturated rings. The first-order valence-corrected chi connectivity index (χ1v) is 6.16. The highest BCUT2D eigenvalue weighted by atomic mass is 32.1. The maximum Gasteiger partial charge on any atom is 0.347 e. The number of thiocarbonyl (C=S) groups is 1. The molecule has 0 spiro atoms. The van der Waals surface area contributed by atoms with E-state index in [9.17, 15) is 4.79 Å². The van der Waals surface area contributed by atoms with Crippen LogP contribution in [0.25, 0.3) is 0 Å². The number of aromatic nitrogens is 2. The average molecular weight is 251 g/mol. The molecule has 2 rings (SSSR count). The molecule has 5 heteroatoms. The molecule has 1 aromatic heterocycles. The molecule has 0 saturated heterocycles. The van der Waals surface area contributed by atoms with E-state index in [0.717, 1.165) is 30.7 Å². The minimum absolute atomic E-state index is 0.108. The Morgan fingerprint density at radius 3 is 2.71 bits per heavy atom. The maximum absolute atomic E-state index is 11.8. The second-order valence-corrected chi connectivity index (χ2v) is 5.58. The van der Waals surface area contributed by atoms with Crippen molar-refractivity contribution in [1.29, 1.82) is 0 Å². The summed E-state index contributed by atoms with van der Waals surface area (Å²) in [4.78, 5) is 16.3. The third-order valence-corrected chi connectivity index (χ3v) is 3.49. The Bertz CT molecular complexity index is 517. The molecule has 1 aliphatic rings. The molecule has 92 valence electrons. The summed E-state index contributed by atoms with van der Waals surface area (Å²) in [6.45, 7) is 4.45. The van der Waals surface area contributed by atoms with Crippen molar-refractivity contribution in [2.75, 3.05) is 0 Å². The monoisotopic (exact) mass is 251 g/mol. The van der Waals surface area contributed by atoms with Crippen molar-refractivity contribution in [1.82, 2.24) is 9.55 Å². The second kappa shape index (κ2) is 4.22. The molecular formula is C12H17N3OS. The Balaban J connectivity index is 2.25. The summed E-state index contributed by atoms with van der Waals surface area (Å²) in [6.07, 6.45) is 2.90. The summed E-state index contributed by atoms with van der Waals surface area (Å²) in [5.74, 6) is 0. The third-order valence-electron chi connectivity index (χ3n) is 3.35. The Kier molecular flexibility index (Phi) is 3.03. The van der Waals surface area contributed by atoms with Crippen molar-refractivity contribution < 1.29 is 0 Å².